The molecule has 2 rings (SSSR count). The van der Waals surface area contributed by atoms with Crippen molar-refractivity contribution in [3.8, 4) is 16.2 Å². The Kier molecular flexibility index (Phi) is 2.36. The zero-order chi connectivity index (χ0) is 11.0. The third-order valence-corrected chi connectivity index (χ3v) is 3.30. The zero-order valence-corrected chi connectivity index (χ0v) is 9.34. The molecular formula is C11H11NO2S. The normalized spacial score (nSPS) is 10.5. The van der Waals surface area contributed by atoms with Crippen molar-refractivity contribution in [2.24, 2.45) is 7.05 Å². The number of thiophene rings is 1. The molecule has 0 aliphatic carbocycles. The van der Waals surface area contributed by atoms with Crippen molar-refractivity contribution in [3.05, 3.63) is 39.6 Å². The van der Waals surface area contributed by atoms with Gasteiger partial charge in [0.05, 0.1) is 5.56 Å². The first-order valence-electron chi connectivity index (χ1n) is 4.54. The van der Waals surface area contributed by atoms with Crippen LogP contribution in [0.2, 0.25) is 0 Å². The molecule has 3 nitrogen and oxygen atoms in total. The smallest absolute Gasteiger partial charge is 0.262 e. The molecule has 15 heavy (non-hydrogen) atoms. The van der Waals surface area contributed by atoms with E-state index in [0.29, 0.717) is 5.56 Å². The fraction of sp³-hybridized carbons (Fsp3) is 0.182. The number of hydrogen-bond acceptors (Lipinski definition) is 3. The van der Waals surface area contributed by atoms with Crippen molar-refractivity contribution in [2.75, 3.05) is 0 Å². The van der Waals surface area contributed by atoms with E-state index in [1.807, 2.05) is 17.5 Å². The first kappa shape index (κ1) is 9.98. The molecule has 78 valence electrons. The third-order valence-electron chi connectivity index (χ3n) is 2.42. The van der Waals surface area contributed by atoms with E-state index in [0.717, 1.165) is 10.6 Å². The molecule has 0 radical (unpaired) electrons. The lowest BCUT2D eigenvalue weighted by Crippen LogP contribution is -2.20. The van der Waals surface area contributed by atoms with Crippen LogP contribution in [0.15, 0.2) is 28.4 Å². The van der Waals surface area contributed by atoms with Gasteiger partial charge in [-0.15, -0.1) is 11.3 Å². The topological polar surface area (TPSA) is 42.2 Å². The largest absolute Gasteiger partial charge is 0.507 e. The summed E-state index contributed by atoms with van der Waals surface area (Å²) in [5.74, 6) is 0.0537. The molecule has 0 saturated heterocycles. The minimum atomic E-state index is -0.157. The molecule has 0 amide bonds. The van der Waals surface area contributed by atoms with Crippen LogP contribution in [0.5, 0.6) is 5.75 Å². The van der Waals surface area contributed by atoms with Gasteiger partial charge in [-0.25, -0.2) is 0 Å². The van der Waals surface area contributed by atoms with Gasteiger partial charge < -0.3 is 9.67 Å². The fourth-order valence-corrected chi connectivity index (χ4v) is 2.23. The summed E-state index contributed by atoms with van der Waals surface area (Å²) in [5.41, 5.74) is 0.978. The van der Waals surface area contributed by atoms with E-state index in [1.165, 1.54) is 15.9 Å². The lowest BCUT2D eigenvalue weighted by molar-refractivity contribution is 0.473. The number of aryl methyl sites for hydroxylation is 1. The van der Waals surface area contributed by atoms with E-state index in [-0.39, 0.29) is 11.3 Å². The molecule has 0 aromatic carbocycles. The van der Waals surface area contributed by atoms with Gasteiger partial charge in [0.1, 0.15) is 5.75 Å². The minimum Gasteiger partial charge on any atom is -0.507 e. The maximum atomic E-state index is 11.9. The molecule has 4 heteroatoms. The lowest BCUT2D eigenvalue weighted by atomic mass is 10.2. The highest BCUT2D eigenvalue weighted by atomic mass is 32.1. The monoisotopic (exact) mass is 221 g/mol. The second-order valence-corrected chi connectivity index (χ2v) is 4.34. The second kappa shape index (κ2) is 3.55. The van der Waals surface area contributed by atoms with Crippen LogP contribution >= 0.6 is 11.3 Å². The van der Waals surface area contributed by atoms with Gasteiger partial charge in [0.2, 0.25) is 0 Å². The number of nitrogens with zero attached hydrogens (tertiary/aromatic N) is 1. The first-order chi connectivity index (χ1) is 7.11. The molecule has 0 saturated carbocycles. The van der Waals surface area contributed by atoms with Crippen molar-refractivity contribution in [1.82, 2.24) is 4.57 Å². The van der Waals surface area contributed by atoms with Crippen LogP contribution in [0, 0.1) is 6.92 Å². The average Bonchev–Trinajstić information content (AvgIpc) is 2.68. The van der Waals surface area contributed by atoms with Gasteiger partial charge in [0, 0.05) is 23.7 Å². The van der Waals surface area contributed by atoms with E-state index in [1.54, 1.807) is 20.0 Å². The Morgan fingerprint density at radius 1 is 1.47 bits per heavy atom. The Bertz CT molecular complexity index is 540. The lowest BCUT2D eigenvalue weighted by Gasteiger charge is -2.07. The molecule has 2 aromatic rings. The maximum Gasteiger partial charge on any atom is 0.262 e. The van der Waals surface area contributed by atoms with E-state index in [9.17, 15) is 9.90 Å². The van der Waals surface area contributed by atoms with Crippen LogP contribution in [0.4, 0.5) is 0 Å². The Hall–Kier alpha value is -1.55. The Labute approximate surface area is 91.2 Å². The SMILES string of the molecule is Cc1cc(O)c(-c2cccs2)c(=O)n1C. The molecule has 0 aliphatic heterocycles. The van der Waals surface area contributed by atoms with Crippen molar-refractivity contribution < 1.29 is 5.11 Å². The Morgan fingerprint density at radius 3 is 2.80 bits per heavy atom. The highest BCUT2D eigenvalue weighted by Gasteiger charge is 2.12. The quantitative estimate of drug-likeness (QED) is 0.801. The fourth-order valence-electron chi connectivity index (χ4n) is 1.46. The molecule has 2 heterocycles. The molecule has 0 unspecified atom stereocenters. The van der Waals surface area contributed by atoms with Crippen LogP contribution in [-0.4, -0.2) is 9.67 Å². The summed E-state index contributed by atoms with van der Waals surface area (Å²) < 4.78 is 1.54. The van der Waals surface area contributed by atoms with Crippen LogP contribution in [0.25, 0.3) is 10.4 Å². The van der Waals surface area contributed by atoms with E-state index in [2.05, 4.69) is 0 Å². The number of aromatic hydroxyl groups is 1. The molecule has 1 N–H and O–H groups in total. The van der Waals surface area contributed by atoms with Gasteiger partial charge in [-0.2, -0.15) is 0 Å². The predicted molar refractivity (Wildman–Crippen MR) is 61.4 cm³/mol. The van der Waals surface area contributed by atoms with E-state index < -0.39 is 0 Å². The number of pyridine rings is 1. The molecule has 2 aromatic heterocycles. The van der Waals surface area contributed by atoms with E-state index in [4.69, 9.17) is 0 Å². The summed E-state index contributed by atoms with van der Waals surface area (Å²) in [7, 11) is 1.70. The molecule has 0 fully saturated rings. The number of hydrogen-bond donors (Lipinski definition) is 1. The average molecular weight is 221 g/mol. The number of rotatable bonds is 1. The van der Waals surface area contributed by atoms with Crippen LogP contribution in [0.3, 0.4) is 0 Å². The second-order valence-electron chi connectivity index (χ2n) is 3.39. The van der Waals surface area contributed by atoms with Crippen molar-refractivity contribution in [1.29, 1.82) is 0 Å². The first-order valence-corrected chi connectivity index (χ1v) is 5.42. The molecule has 0 spiro atoms. The van der Waals surface area contributed by atoms with Gasteiger partial charge in [0.25, 0.3) is 5.56 Å². The molecule has 0 aliphatic rings. The van der Waals surface area contributed by atoms with Gasteiger partial charge >= 0.3 is 0 Å². The highest BCUT2D eigenvalue weighted by molar-refractivity contribution is 7.13. The summed E-state index contributed by atoms with van der Waals surface area (Å²) in [6.45, 7) is 1.79. The van der Waals surface area contributed by atoms with Gasteiger partial charge in [-0.1, -0.05) is 6.07 Å². The van der Waals surface area contributed by atoms with E-state index >= 15 is 0 Å². The number of aromatic nitrogens is 1. The third kappa shape index (κ3) is 1.57. The van der Waals surface area contributed by atoms with Crippen LogP contribution in [0.1, 0.15) is 5.69 Å². The molecular weight excluding hydrogens is 210 g/mol. The summed E-state index contributed by atoms with van der Waals surface area (Å²) in [6.07, 6.45) is 0. The standard InChI is InChI=1S/C11H11NO2S/c1-7-6-8(13)10(11(14)12(7)2)9-4-3-5-15-9/h3-6,13H,1-2H3. The van der Waals surface area contributed by atoms with Crippen LogP contribution < -0.4 is 5.56 Å². The molecule has 0 atom stereocenters. The molecule has 0 bridgehead atoms. The summed E-state index contributed by atoms with van der Waals surface area (Å²) in [4.78, 5) is 12.7. The summed E-state index contributed by atoms with van der Waals surface area (Å²) >= 11 is 1.45. The van der Waals surface area contributed by atoms with Crippen molar-refractivity contribution in [2.45, 2.75) is 6.92 Å². The summed E-state index contributed by atoms with van der Waals surface area (Å²) in [6, 6.07) is 5.30. The van der Waals surface area contributed by atoms with Crippen molar-refractivity contribution in [3.63, 3.8) is 0 Å². The minimum absolute atomic E-state index is 0.0537. The zero-order valence-electron chi connectivity index (χ0n) is 8.52. The van der Waals surface area contributed by atoms with Gasteiger partial charge in [-0.05, 0) is 18.4 Å². The van der Waals surface area contributed by atoms with Crippen LogP contribution in [-0.2, 0) is 7.05 Å². The van der Waals surface area contributed by atoms with Gasteiger partial charge in [-0.3, -0.25) is 4.79 Å². The Morgan fingerprint density at radius 2 is 2.20 bits per heavy atom. The van der Waals surface area contributed by atoms with Crippen molar-refractivity contribution >= 4 is 11.3 Å². The van der Waals surface area contributed by atoms with Gasteiger partial charge in [0.15, 0.2) is 0 Å². The highest BCUT2D eigenvalue weighted by Crippen LogP contribution is 2.29. The maximum absolute atomic E-state index is 11.9. The Balaban J connectivity index is 2.78. The summed E-state index contributed by atoms with van der Waals surface area (Å²) in [5, 5.41) is 11.6. The predicted octanol–water partition coefficient (Wildman–Crippen LogP) is 2.13.